The Bertz CT molecular complexity index is 377. The predicted molar refractivity (Wildman–Crippen MR) is 84.9 cm³/mol. The van der Waals surface area contributed by atoms with Crippen molar-refractivity contribution in [2.24, 2.45) is 17.1 Å². The summed E-state index contributed by atoms with van der Waals surface area (Å²) in [6, 6.07) is 0.222. The van der Waals surface area contributed by atoms with Crippen LogP contribution in [0.2, 0.25) is 0 Å². The summed E-state index contributed by atoms with van der Waals surface area (Å²) in [5, 5.41) is 3.19. The minimum absolute atomic E-state index is 0.00141. The monoisotopic (exact) mass is 296 g/mol. The molecule has 2 saturated carbocycles. The van der Waals surface area contributed by atoms with Crippen molar-refractivity contribution < 1.29 is 9.53 Å². The lowest BCUT2D eigenvalue weighted by Crippen LogP contribution is -2.76. The van der Waals surface area contributed by atoms with Crippen LogP contribution >= 0.6 is 0 Å². The molecule has 0 bridgehead atoms. The third-order valence-corrected chi connectivity index (χ3v) is 5.95. The van der Waals surface area contributed by atoms with Gasteiger partial charge in [-0.15, -0.1) is 0 Å². The summed E-state index contributed by atoms with van der Waals surface area (Å²) in [4.78, 5) is 12.7. The highest BCUT2D eigenvalue weighted by atomic mass is 16.5. The third-order valence-electron chi connectivity index (χ3n) is 5.95. The van der Waals surface area contributed by atoms with Crippen molar-refractivity contribution in [1.29, 1.82) is 0 Å². The van der Waals surface area contributed by atoms with Crippen molar-refractivity contribution in [3.8, 4) is 0 Å². The number of nitrogens with two attached hydrogens (primary N) is 1. The van der Waals surface area contributed by atoms with Gasteiger partial charge >= 0.3 is 0 Å². The van der Waals surface area contributed by atoms with Crippen LogP contribution in [0.4, 0.5) is 0 Å². The van der Waals surface area contributed by atoms with Crippen LogP contribution in [-0.4, -0.2) is 30.2 Å². The summed E-state index contributed by atoms with van der Waals surface area (Å²) in [7, 11) is 0. The maximum absolute atomic E-state index is 12.7. The van der Waals surface area contributed by atoms with Crippen molar-refractivity contribution >= 4 is 5.91 Å². The third kappa shape index (κ3) is 2.98. The molecule has 2 aliphatic carbocycles. The Labute approximate surface area is 129 Å². The molecular formula is C17H32N2O2. The molecule has 21 heavy (non-hydrogen) atoms. The standard InChI is InChI=1S/C17H32N2O2/c1-5-21-14-11-17(18,16(14,3)4)15(20)19-12(2)13-9-7-6-8-10-13/h12-14H,5-11,18H2,1-4H3,(H,19,20). The van der Waals surface area contributed by atoms with E-state index < -0.39 is 5.54 Å². The van der Waals surface area contributed by atoms with Crippen LogP contribution in [0.3, 0.4) is 0 Å². The van der Waals surface area contributed by atoms with Crippen LogP contribution in [0, 0.1) is 11.3 Å². The predicted octanol–water partition coefficient (Wildman–Crippen LogP) is 2.60. The average Bonchev–Trinajstić information content (AvgIpc) is 2.47. The molecule has 0 spiro atoms. The van der Waals surface area contributed by atoms with E-state index in [1.54, 1.807) is 0 Å². The normalized spacial score (nSPS) is 34.0. The Kier molecular flexibility index (Phi) is 4.99. The molecule has 3 N–H and O–H groups in total. The molecule has 0 aliphatic heterocycles. The molecule has 0 radical (unpaired) electrons. The maximum Gasteiger partial charge on any atom is 0.241 e. The van der Waals surface area contributed by atoms with Gasteiger partial charge in [-0.3, -0.25) is 4.79 Å². The van der Waals surface area contributed by atoms with Crippen LogP contribution < -0.4 is 11.1 Å². The molecule has 1 amide bonds. The second kappa shape index (κ2) is 6.25. The average molecular weight is 296 g/mol. The van der Waals surface area contributed by atoms with E-state index >= 15 is 0 Å². The van der Waals surface area contributed by atoms with Crippen LogP contribution in [-0.2, 0) is 9.53 Å². The summed E-state index contributed by atoms with van der Waals surface area (Å²) in [5.74, 6) is 0.610. The van der Waals surface area contributed by atoms with Crippen molar-refractivity contribution in [3.63, 3.8) is 0 Å². The molecule has 0 saturated heterocycles. The van der Waals surface area contributed by atoms with Gasteiger partial charge in [-0.05, 0) is 32.6 Å². The highest BCUT2D eigenvalue weighted by Gasteiger charge is 2.63. The number of hydrogen-bond donors (Lipinski definition) is 2. The molecular weight excluding hydrogens is 264 g/mol. The Morgan fingerprint density at radius 3 is 2.48 bits per heavy atom. The second-order valence-corrected chi connectivity index (χ2v) is 7.50. The molecule has 4 heteroatoms. The van der Waals surface area contributed by atoms with E-state index in [4.69, 9.17) is 10.5 Å². The number of hydrogen-bond acceptors (Lipinski definition) is 3. The van der Waals surface area contributed by atoms with Crippen LogP contribution in [0.15, 0.2) is 0 Å². The molecule has 3 atom stereocenters. The van der Waals surface area contributed by atoms with Crippen LogP contribution in [0.5, 0.6) is 0 Å². The Hall–Kier alpha value is -0.610. The minimum Gasteiger partial charge on any atom is -0.378 e. The lowest BCUT2D eigenvalue weighted by molar-refractivity contribution is -0.171. The van der Waals surface area contributed by atoms with E-state index in [9.17, 15) is 4.79 Å². The molecule has 4 nitrogen and oxygen atoms in total. The number of carbonyl (C=O) groups excluding carboxylic acids is 1. The lowest BCUT2D eigenvalue weighted by Gasteiger charge is -2.57. The van der Waals surface area contributed by atoms with Crippen molar-refractivity contribution in [1.82, 2.24) is 5.32 Å². The number of ether oxygens (including phenoxy) is 1. The quantitative estimate of drug-likeness (QED) is 0.819. The fourth-order valence-electron chi connectivity index (χ4n) is 3.91. The van der Waals surface area contributed by atoms with Gasteiger partial charge in [-0.2, -0.15) is 0 Å². The highest BCUT2D eigenvalue weighted by molar-refractivity contribution is 5.89. The summed E-state index contributed by atoms with van der Waals surface area (Å²) in [5.41, 5.74) is 5.33. The largest absolute Gasteiger partial charge is 0.378 e. The summed E-state index contributed by atoms with van der Waals surface area (Å²) < 4.78 is 5.70. The lowest BCUT2D eigenvalue weighted by atomic mass is 9.54. The van der Waals surface area contributed by atoms with Gasteiger partial charge in [0.1, 0.15) is 5.54 Å². The van der Waals surface area contributed by atoms with Gasteiger partial charge in [0.2, 0.25) is 5.91 Å². The molecule has 122 valence electrons. The van der Waals surface area contributed by atoms with Crippen molar-refractivity contribution in [2.45, 2.75) is 83.9 Å². The summed E-state index contributed by atoms with van der Waals surface area (Å²) >= 11 is 0. The van der Waals surface area contributed by atoms with Crippen molar-refractivity contribution in [2.75, 3.05) is 6.61 Å². The number of amides is 1. The number of rotatable bonds is 5. The Morgan fingerprint density at radius 1 is 1.33 bits per heavy atom. The Morgan fingerprint density at radius 2 is 1.95 bits per heavy atom. The number of carbonyl (C=O) groups is 1. The zero-order valence-electron chi connectivity index (χ0n) is 14.1. The first-order valence-electron chi connectivity index (χ1n) is 8.54. The fourth-order valence-corrected chi connectivity index (χ4v) is 3.91. The first-order chi connectivity index (χ1) is 9.83. The molecule has 0 aromatic heterocycles. The first kappa shape index (κ1) is 16.8. The molecule has 0 aromatic carbocycles. The van der Waals surface area contributed by atoms with Crippen LogP contribution in [0.25, 0.3) is 0 Å². The molecule has 0 heterocycles. The zero-order valence-corrected chi connectivity index (χ0v) is 14.1. The van der Waals surface area contributed by atoms with E-state index in [1.807, 2.05) is 20.8 Å². The number of nitrogens with one attached hydrogen (secondary N) is 1. The van der Waals surface area contributed by atoms with E-state index in [2.05, 4.69) is 12.2 Å². The van der Waals surface area contributed by atoms with Gasteiger partial charge in [-0.1, -0.05) is 33.1 Å². The van der Waals surface area contributed by atoms with Gasteiger partial charge in [0.25, 0.3) is 0 Å². The van der Waals surface area contributed by atoms with Gasteiger partial charge in [-0.25, -0.2) is 0 Å². The minimum atomic E-state index is -0.796. The topological polar surface area (TPSA) is 64.3 Å². The molecule has 2 fully saturated rings. The highest BCUT2D eigenvalue weighted by Crippen LogP contribution is 2.50. The van der Waals surface area contributed by atoms with E-state index in [0.29, 0.717) is 18.9 Å². The smallest absolute Gasteiger partial charge is 0.241 e. The van der Waals surface area contributed by atoms with E-state index in [1.165, 1.54) is 32.1 Å². The van der Waals surface area contributed by atoms with Gasteiger partial charge in [0.15, 0.2) is 0 Å². The van der Waals surface area contributed by atoms with Crippen LogP contribution in [0.1, 0.15) is 66.2 Å². The van der Waals surface area contributed by atoms with Gasteiger partial charge in [0, 0.05) is 24.5 Å². The molecule has 0 aromatic rings. The van der Waals surface area contributed by atoms with Crippen molar-refractivity contribution in [3.05, 3.63) is 0 Å². The van der Waals surface area contributed by atoms with E-state index in [0.717, 1.165) is 0 Å². The van der Waals surface area contributed by atoms with Gasteiger partial charge in [0.05, 0.1) is 6.10 Å². The zero-order chi connectivity index (χ0) is 15.7. The Balaban J connectivity index is 1.93. The first-order valence-corrected chi connectivity index (χ1v) is 8.54. The molecule has 2 aliphatic rings. The van der Waals surface area contributed by atoms with Gasteiger partial charge < -0.3 is 15.8 Å². The maximum atomic E-state index is 12.7. The summed E-state index contributed by atoms with van der Waals surface area (Å²) in [6.45, 7) is 8.87. The van der Waals surface area contributed by atoms with E-state index in [-0.39, 0.29) is 23.5 Å². The summed E-state index contributed by atoms with van der Waals surface area (Å²) in [6.07, 6.45) is 7.07. The molecule has 2 rings (SSSR count). The molecule has 3 unspecified atom stereocenters. The second-order valence-electron chi connectivity index (χ2n) is 7.50. The SMILES string of the molecule is CCOC1CC(N)(C(=O)NC(C)C2CCCCC2)C1(C)C. The fraction of sp³-hybridized carbons (Fsp3) is 0.941.